The summed E-state index contributed by atoms with van der Waals surface area (Å²) in [5.41, 5.74) is 0.586. The van der Waals surface area contributed by atoms with E-state index in [9.17, 15) is 9.18 Å². The number of carbonyl (C=O) groups is 1. The summed E-state index contributed by atoms with van der Waals surface area (Å²) in [6.07, 6.45) is 0. The number of rotatable bonds is 5. The topological polar surface area (TPSA) is 32.3 Å². The van der Waals surface area contributed by atoms with Gasteiger partial charge in [-0.25, -0.2) is 4.39 Å². The maximum absolute atomic E-state index is 13.8. The van der Waals surface area contributed by atoms with E-state index >= 15 is 0 Å². The summed E-state index contributed by atoms with van der Waals surface area (Å²) in [4.78, 5) is 15.0. The summed E-state index contributed by atoms with van der Waals surface area (Å²) >= 11 is 7.31. The highest BCUT2D eigenvalue weighted by Gasteiger charge is 2.18. The first-order valence-electron chi connectivity index (χ1n) is 6.55. The number of benzene rings is 1. The van der Waals surface area contributed by atoms with Gasteiger partial charge in [0.25, 0.3) is 5.91 Å². The molecule has 0 fully saturated rings. The van der Waals surface area contributed by atoms with Crippen LogP contribution in [-0.4, -0.2) is 24.4 Å². The molecule has 112 valence electrons. The van der Waals surface area contributed by atoms with Gasteiger partial charge in [0.15, 0.2) is 0 Å². The molecule has 2 aromatic rings. The van der Waals surface area contributed by atoms with Crippen molar-refractivity contribution in [1.82, 2.24) is 4.90 Å². The number of hydrogen-bond donors (Lipinski definition) is 1. The fourth-order valence-corrected chi connectivity index (χ4v) is 3.15. The predicted octanol–water partition coefficient (Wildman–Crippen LogP) is 4.24. The molecule has 1 aromatic heterocycles. The highest BCUT2D eigenvalue weighted by atomic mass is 35.5. The second-order valence-electron chi connectivity index (χ2n) is 4.56. The minimum Gasteiger partial charge on any atom is -0.382 e. The van der Waals surface area contributed by atoms with Gasteiger partial charge in [0, 0.05) is 18.5 Å². The van der Waals surface area contributed by atoms with Crippen molar-refractivity contribution in [3.05, 3.63) is 50.9 Å². The number of halogens is 2. The molecule has 0 aliphatic heterocycles. The largest absolute Gasteiger partial charge is 0.382 e. The number of nitrogens with one attached hydrogen (secondary N) is 1. The molecule has 6 heteroatoms. The minimum atomic E-state index is -0.421. The van der Waals surface area contributed by atoms with E-state index in [0.717, 1.165) is 4.88 Å². The third-order valence-corrected chi connectivity index (χ3v) is 4.18. The Morgan fingerprint density at radius 1 is 1.38 bits per heavy atom. The molecule has 0 bridgehead atoms. The first-order chi connectivity index (χ1) is 10.0. The van der Waals surface area contributed by atoms with Crippen molar-refractivity contribution in [2.75, 3.05) is 18.9 Å². The van der Waals surface area contributed by atoms with E-state index in [2.05, 4.69) is 5.32 Å². The SMILES string of the molecule is CCNc1c(F)cccc1C(=O)N(C)Cc1ccc(Cl)s1. The lowest BCUT2D eigenvalue weighted by atomic mass is 10.1. The molecular weight excluding hydrogens is 311 g/mol. The van der Waals surface area contributed by atoms with Crippen LogP contribution in [-0.2, 0) is 6.54 Å². The lowest BCUT2D eigenvalue weighted by molar-refractivity contribution is 0.0787. The number of anilines is 1. The van der Waals surface area contributed by atoms with Gasteiger partial charge in [0.05, 0.1) is 22.1 Å². The predicted molar refractivity (Wildman–Crippen MR) is 85.7 cm³/mol. The lowest BCUT2D eigenvalue weighted by Gasteiger charge is -2.19. The maximum atomic E-state index is 13.8. The summed E-state index contributed by atoms with van der Waals surface area (Å²) in [6.45, 7) is 2.85. The molecule has 0 aliphatic rings. The van der Waals surface area contributed by atoms with E-state index in [-0.39, 0.29) is 11.6 Å². The number of nitrogens with zero attached hydrogens (tertiary/aromatic N) is 1. The quantitative estimate of drug-likeness (QED) is 0.891. The zero-order valence-corrected chi connectivity index (χ0v) is 13.4. The number of thiophene rings is 1. The summed E-state index contributed by atoms with van der Waals surface area (Å²) in [5.74, 6) is -0.648. The van der Waals surface area contributed by atoms with E-state index in [1.165, 1.54) is 17.4 Å². The molecule has 0 unspecified atom stereocenters. The van der Waals surface area contributed by atoms with E-state index in [1.807, 2.05) is 13.0 Å². The van der Waals surface area contributed by atoms with Crippen molar-refractivity contribution in [2.45, 2.75) is 13.5 Å². The van der Waals surface area contributed by atoms with Gasteiger partial charge in [-0.3, -0.25) is 4.79 Å². The number of para-hydroxylation sites is 1. The molecule has 0 saturated heterocycles. The summed E-state index contributed by atoms with van der Waals surface area (Å²) in [7, 11) is 1.69. The van der Waals surface area contributed by atoms with Crippen LogP contribution in [0.15, 0.2) is 30.3 Å². The number of carbonyl (C=O) groups excluding carboxylic acids is 1. The Labute approximate surface area is 132 Å². The van der Waals surface area contributed by atoms with E-state index in [4.69, 9.17) is 11.6 Å². The Morgan fingerprint density at radius 2 is 2.14 bits per heavy atom. The van der Waals surface area contributed by atoms with E-state index in [1.54, 1.807) is 30.1 Å². The molecule has 1 amide bonds. The van der Waals surface area contributed by atoms with Crippen LogP contribution in [0.3, 0.4) is 0 Å². The molecule has 1 heterocycles. The molecule has 0 atom stereocenters. The highest BCUT2D eigenvalue weighted by Crippen LogP contribution is 2.25. The molecule has 0 spiro atoms. The lowest BCUT2D eigenvalue weighted by Crippen LogP contribution is -2.27. The van der Waals surface area contributed by atoms with E-state index < -0.39 is 5.82 Å². The molecule has 0 radical (unpaired) electrons. The molecule has 0 aliphatic carbocycles. The van der Waals surface area contributed by atoms with Crippen molar-refractivity contribution in [2.24, 2.45) is 0 Å². The molecule has 1 N–H and O–H groups in total. The third kappa shape index (κ3) is 3.74. The Morgan fingerprint density at radius 3 is 2.76 bits per heavy atom. The molecule has 2 rings (SSSR count). The van der Waals surface area contributed by atoms with Gasteiger partial charge >= 0.3 is 0 Å². The van der Waals surface area contributed by atoms with Crippen LogP contribution in [0.4, 0.5) is 10.1 Å². The standard InChI is InChI=1S/C15H16ClFN2OS/c1-3-18-14-11(5-4-6-12(14)17)15(20)19(2)9-10-7-8-13(16)21-10/h4-8,18H,3,9H2,1-2H3. The van der Waals surface area contributed by atoms with Crippen LogP contribution in [0.5, 0.6) is 0 Å². The molecule has 21 heavy (non-hydrogen) atoms. The molecule has 3 nitrogen and oxygen atoms in total. The van der Waals surface area contributed by atoms with Crippen LogP contribution in [0.25, 0.3) is 0 Å². The normalized spacial score (nSPS) is 10.5. The Bertz CT molecular complexity index is 644. The molecular formula is C15H16ClFN2OS. The first-order valence-corrected chi connectivity index (χ1v) is 7.74. The van der Waals surface area contributed by atoms with Crippen LogP contribution in [0, 0.1) is 5.82 Å². The monoisotopic (exact) mass is 326 g/mol. The Balaban J connectivity index is 2.21. The fourth-order valence-electron chi connectivity index (χ4n) is 2.01. The molecule has 1 aromatic carbocycles. The minimum absolute atomic E-state index is 0.227. The van der Waals surface area contributed by atoms with Crippen molar-refractivity contribution in [3.8, 4) is 0 Å². The number of amides is 1. The van der Waals surface area contributed by atoms with Gasteiger partial charge in [0.2, 0.25) is 0 Å². The van der Waals surface area contributed by atoms with Crippen LogP contribution >= 0.6 is 22.9 Å². The zero-order chi connectivity index (χ0) is 15.4. The van der Waals surface area contributed by atoms with Gasteiger partial charge in [-0.15, -0.1) is 11.3 Å². The van der Waals surface area contributed by atoms with E-state index in [0.29, 0.717) is 23.0 Å². The van der Waals surface area contributed by atoms with Crippen molar-refractivity contribution in [3.63, 3.8) is 0 Å². The second-order valence-corrected chi connectivity index (χ2v) is 6.36. The van der Waals surface area contributed by atoms with Crippen molar-refractivity contribution >= 4 is 34.5 Å². The smallest absolute Gasteiger partial charge is 0.256 e. The molecule has 0 saturated carbocycles. The maximum Gasteiger partial charge on any atom is 0.256 e. The Kier molecular flexibility index (Phi) is 5.20. The van der Waals surface area contributed by atoms with Gasteiger partial charge in [-0.2, -0.15) is 0 Å². The van der Waals surface area contributed by atoms with Crippen LogP contribution in [0.1, 0.15) is 22.2 Å². The highest BCUT2D eigenvalue weighted by molar-refractivity contribution is 7.16. The van der Waals surface area contributed by atoms with Crippen LogP contribution in [0.2, 0.25) is 4.34 Å². The van der Waals surface area contributed by atoms with Crippen molar-refractivity contribution < 1.29 is 9.18 Å². The Hall–Kier alpha value is -1.59. The van der Waals surface area contributed by atoms with Gasteiger partial charge in [0.1, 0.15) is 5.82 Å². The van der Waals surface area contributed by atoms with Crippen molar-refractivity contribution in [1.29, 1.82) is 0 Å². The first kappa shape index (κ1) is 15.8. The average molecular weight is 327 g/mol. The third-order valence-electron chi connectivity index (χ3n) is 2.97. The second kappa shape index (κ2) is 6.91. The summed E-state index contributed by atoms with van der Waals surface area (Å²) in [6, 6.07) is 8.19. The average Bonchev–Trinajstić information content (AvgIpc) is 2.85. The van der Waals surface area contributed by atoms with Gasteiger partial charge in [-0.05, 0) is 31.2 Å². The zero-order valence-electron chi connectivity index (χ0n) is 11.8. The fraction of sp³-hybridized carbons (Fsp3) is 0.267. The summed E-state index contributed by atoms with van der Waals surface area (Å²) < 4.78 is 14.5. The summed E-state index contributed by atoms with van der Waals surface area (Å²) in [5, 5.41) is 2.91. The number of hydrogen-bond acceptors (Lipinski definition) is 3. The van der Waals surface area contributed by atoms with Gasteiger partial charge in [-0.1, -0.05) is 17.7 Å². The van der Waals surface area contributed by atoms with Gasteiger partial charge < -0.3 is 10.2 Å². The van der Waals surface area contributed by atoms with Crippen LogP contribution < -0.4 is 5.32 Å².